The first-order valence-corrected chi connectivity index (χ1v) is 8.73. The van der Waals surface area contributed by atoms with E-state index in [9.17, 15) is 22.8 Å². The van der Waals surface area contributed by atoms with Crippen molar-refractivity contribution >= 4 is 23.6 Å². The molecular formula is C17H14F3N3O2S. The van der Waals surface area contributed by atoms with Crippen LogP contribution in [0.4, 0.5) is 13.2 Å². The molecule has 0 radical (unpaired) electrons. The Hall–Kier alpha value is -2.55. The van der Waals surface area contributed by atoms with E-state index < -0.39 is 23.0 Å². The van der Waals surface area contributed by atoms with Crippen LogP contribution in [-0.4, -0.2) is 27.6 Å². The third-order valence-corrected chi connectivity index (χ3v) is 5.02. The van der Waals surface area contributed by atoms with Crippen molar-refractivity contribution < 1.29 is 22.8 Å². The predicted molar refractivity (Wildman–Crippen MR) is 89.8 cm³/mol. The molecule has 1 N–H and O–H groups in total. The Balaban J connectivity index is 1.82. The van der Waals surface area contributed by atoms with E-state index >= 15 is 0 Å². The Morgan fingerprint density at radius 3 is 2.42 bits per heavy atom. The molecule has 1 aliphatic heterocycles. The zero-order valence-corrected chi connectivity index (χ0v) is 14.2. The topological polar surface area (TPSA) is 62.3 Å². The Morgan fingerprint density at radius 1 is 1.15 bits per heavy atom. The second-order valence-corrected chi connectivity index (χ2v) is 6.72. The zero-order valence-electron chi connectivity index (χ0n) is 13.4. The summed E-state index contributed by atoms with van der Waals surface area (Å²) in [6, 6.07) is 7.60. The monoisotopic (exact) mass is 381 g/mol. The molecule has 1 saturated heterocycles. The van der Waals surface area contributed by atoms with Gasteiger partial charge >= 0.3 is 6.18 Å². The lowest BCUT2D eigenvalue weighted by Crippen LogP contribution is -2.49. The van der Waals surface area contributed by atoms with E-state index in [0.29, 0.717) is 16.9 Å². The van der Waals surface area contributed by atoms with E-state index in [2.05, 4.69) is 10.4 Å². The molecule has 1 aromatic heterocycles. The number of nitrogens with one attached hydrogen (secondary N) is 1. The number of rotatable bonds is 3. The summed E-state index contributed by atoms with van der Waals surface area (Å²) >= 11 is 1.38. The van der Waals surface area contributed by atoms with Gasteiger partial charge in [-0.25, -0.2) is 5.01 Å². The summed E-state index contributed by atoms with van der Waals surface area (Å²) in [5, 5.41) is 0.587. The largest absolute Gasteiger partial charge is 0.416 e. The van der Waals surface area contributed by atoms with E-state index in [1.54, 1.807) is 0 Å². The van der Waals surface area contributed by atoms with E-state index in [-0.39, 0.29) is 12.3 Å². The zero-order chi connectivity index (χ0) is 18.7. The van der Waals surface area contributed by atoms with E-state index in [0.717, 1.165) is 12.1 Å². The molecule has 9 heteroatoms. The number of hydrogen-bond donors (Lipinski definition) is 1. The van der Waals surface area contributed by atoms with Gasteiger partial charge in [0.2, 0.25) is 5.91 Å². The lowest BCUT2D eigenvalue weighted by Gasteiger charge is -2.35. The summed E-state index contributed by atoms with van der Waals surface area (Å²) < 4.78 is 38.2. The van der Waals surface area contributed by atoms with Gasteiger partial charge in [-0.1, -0.05) is 12.1 Å². The summed E-state index contributed by atoms with van der Waals surface area (Å²) in [7, 11) is 0. The van der Waals surface area contributed by atoms with Crippen molar-refractivity contribution in [2.24, 2.45) is 0 Å². The standard InChI is InChI=1S/C17H14F3N3O2S/c18-17(19,20)13-3-1-12(2-4-13)16-23(14(24)7-10-26-16)22-15(25)11-5-8-21-9-6-11/h1-6,8-9,16H,7,10H2,(H,22,25). The van der Waals surface area contributed by atoms with Gasteiger partial charge < -0.3 is 0 Å². The summed E-state index contributed by atoms with van der Waals surface area (Å²) in [6.07, 6.45) is -1.29. The molecule has 1 aliphatic rings. The molecule has 1 unspecified atom stereocenters. The lowest BCUT2D eigenvalue weighted by atomic mass is 10.1. The molecule has 0 spiro atoms. The number of nitrogens with zero attached hydrogens (tertiary/aromatic N) is 2. The maximum absolute atomic E-state index is 12.7. The van der Waals surface area contributed by atoms with Crippen molar-refractivity contribution in [3.63, 3.8) is 0 Å². The van der Waals surface area contributed by atoms with Gasteiger partial charge in [0.25, 0.3) is 5.91 Å². The molecule has 2 aromatic rings. The number of thioether (sulfide) groups is 1. The molecule has 1 aromatic carbocycles. The smallest absolute Gasteiger partial charge is 0.273 e. The first-order chi connectivity index (χ1) is 12.4. The molecule has 136 valence electrons. The number of alkyl halides is 3. The lowest BCUT2D eigenvalue weighted by molar-refractivity contribution is -0.138. The maximum Gasteiger partial charge on any atom is 0.416 e. The number of hydrogen-bond acceptors (Lipinski definition) is 4. The van der Waals surface area contributed by atoms with Crippen molar-refractivity contribution in [1.82, 2.24) is 15.4 Å². The van der Waals surface area contributed by atoms with E-state index in [1.807, 2.05) is 0 Å². The highest BCUT2D eigenvalue weighted by Gasteiger charge is 2.33. The van der Waals surface area contributed by atoms with Gasteiger partial charge in [0, 0.05) is 30.1 Å². The number of benzene rings is 1. The number of aromatic nitrogens is 1. The van der Waals surface area contributed by atoms with Crippen LogP contribution in [0.3, 0.4) is 0 Å². The summed E-state index contributed by atoms with van der Waals surface area (Å²) in [5.74, 6) is -0.261. The SMILES string of the molecule is O=C(NN1C(=O)CCSC1c1ccc(C(F)(F)F)cc1)c1ccncc1. The normalized spacial score (nSPS) is 17.9. The first-order valence-electron chi connectivity index (χ1n) is 7.68. The predicted octanol–water partition coefficient (Wildman–Crippen LogP) is 3.41. The van der Waals surface area contributed by atoms with Crippen molar-refractivity contribution in [1.29, 1.82) is 0 Å². The quantitative estimate of drug-likeness (QED) is 0.885. The molecule has 3 rings (SSSR count). The van der Waals surface area contributed by atoms with Crippen LogP contribution in [0.25, 0.3) is 0 Å². The van der Waals surface area contributed by atoms with Crippen LogP contribution in [0.5, 0.6) is 0 Å². The minimum Gasteiger partial charge on any atom is -0.273 e. The Kier molecular flexibility index (Phi) is 5.17. The highest BCUT2D eigenvalue weighted by atomic mass is 32.2. The van der Waals surface area contributed by atoms with Gasteiger partial charge in [-0.05, 0) is 29.8 Å². The molecule has 1 atom stereocenters. The summed E-state index contributed by atoms with van der Waals surface area (Å²) in [5.41, 5.74) is 2.62. The Morgan fingerprint density at radius 2 is 1.81 bits per heavy atom. The molecule has 0 bridgehead atoms. The van der Waals surface area contributed by atoms with Gasteiger partial charge in [-0.15, -0.1) is 11.8 Å². The maximum atomic E-state index is 12.7. The fourth-order valence-corrected chi connectivity index (χ4v) is 3.65. The number of carbonyl (C=O) groups excluding carboxylic acids is 2. The average molecular weight is 381 g/mol. The number of pyridine rings is 1. The van der Waals surface area contributed by atoms with E-state index in [1.165, 1.54) is 53.4 Å². The van der Waals surface area contributed by atoms with Crippen molar-refractivity contribution in [2.45, 2.75) is 18.0 Å². The fraction of sp³-hybridized carbons (Fsp3) is 0.235. The number of hydrazine groups is 1. The Labute approximate surface area is 151 Å². The second kappa shape index (κ2) is 7.36. The molecule has 0 aliphatic carbocycles. The van der Waals surface area contributed by atoms with Crippen LogP contribution in [0.1, 0.15) is 33.3 Å². The average Bonchev–Trinajstić information content (AvgIpc) is 2.63. The molecule has 5 nitrogen and oxygen atoms in total. The fourth-order valence-electron chi connectivity index (χ4n) is 2.46. The third kappa shape index (κ3) is 3.98. The van der Waals surface area contributed by atoms with E-state index in [4.69, 9.17) is 0 Å². The first kappa shape index (κ1) is 18.2. The third-order valence-electron chi connectivity index (χ3n) is 3.78. The van der Waals surface area contributed by atoms with Crippen LogP contribution in [-0.2, 0) is 11.0 Å². The van der Waals surface area contributed by atoms with Crippen LogP contribution >= 0.6 is 11.8 Å². The van der Waals surface area contributed by atoms with Crippen molar-refractivity contribution in [2.75, 3.05) is 5.75 Å². The molecule has 26 heavy (non-hydrogen) atoms. The molecule has 2 amide bonds. The Bertz CT molecular complexity index is 797. The van der Waals surface area contributed by atoms with Gasteiger partial charge in [-0.3, -0.25) is 20.0 Å². The van der Waals surface area contributed by atoms with Gasteiger partial charge in [-0.2, -0.15) is 13.2 Å². The molecule has 0 saturated carbocycles. The number of amides is 2. The number of halogens is 3. The number of carbonyl (C=O) groups is 2. The molecule has 1 fully saturated rings. The van der Waals surface area contributed by atoms with Crippen LogP contribution < -0.4 is 5.43 Å². The summed E-state index contributed by atoms with van der Waals surface area (Å²) in [6.45, 7) is 0. The highest BCUT2D eigenvalue weighted by Crippen LogP contribution is 2.37. The van der Waals surface area contributed by atoms with Crippen LogP contribution in [0.15, 0.2) is 48.8 Å². The minimum absolute atomic E-state index is 0.235. The van der Waals surface area contributed by atoms with Gasteiger partial charge in [0.15, 0.2) is 0 Å². The summed E-state index contributed by atoms with van der Waals surface area (Å²) in [4.78, 5) is 28.4. The highest BCUT2D eigenvalue weighted by molar-refractivity contribution is 7.99. The van der Waals surface area contributed by atoms with Crippen LogP contribution in [0, 0.1) is 0 Å². The van der Waals surface area contributed by atoms with Crippen LogP contribution in [0.2, 0.25) is 0 Å². The molecular weight excluding hydrogens is 367 g/mol. The van der Waals surface area contributed by atoms with Crippen molar-refractivity contribution in [3.8, 4) is 0 Å². The second-order valence-electron chi connectivity index (χ2n) is 5.53. The van der Waals surface area contributed by atoms with Gasteiger partial charge in [0.05, 0.1) is 5.56 Å². The minimum atomic E-state index is -4.43. The van der Waals surface area contributed by atoms with Crippen molar-refractivity contribution in [3.05, 3.63) is 65.5 Å². The van der Waals surface area contributed by atoms with Gasteiger partial charge in [0.1, 0.15) is 5.37 Å². The molecule has 2 heterocycles.